The third-order valence-corrected chi connectivity index (χ3v) is 9.43. The maximum atomic E-state index is 10.6. The minimum atomic E-state index is -0.724. The van der Waals surface area contributed by atoms with Crippen molar-refractivity contribution in [2.75, 3.05) is 42.6 Å². The summed E-state index contributed by atoms with van der Waals surface area (Å²) in [6, 6.07) is -0.416. The van der Waals surface area contributed by atoms with Crippen LogP contribution in [0.25, 0.3) is 0 Å². The number of anilines is 2. The van der Waals surface area contributed by atoms with Crippen molar-refractivity contribution in [3.8, 4) is 0 Å². The number of likely N-dealkylation sites (tertiary alicyclic amines) is 1. The molecule has 3 aliphatic rings. The number of unbranched alkanes of at least 4 members (excludes halogenated alkanes) is 3. The van der Waals surface area contributed by atoms with Gasteiger partial charge in [0.05, 0.1) is 31.4 Å². The van der Waals surface area contributed by atoms with Gasteiger partial charge in [0.15, 0.2) is 0 Å². The van der Waals surface area contributed by atoms with Gasteiger partial charge < -0.3 is 19.6 Å². The van der Waals surface area contributed by atoms with E-state index in [9.17, 15) is 10.8 Å². The molecule has 4 rings (SSSR count). The van der Waals surface area contributed by atoms with E-state index in [4.69, 9.17) is 14.7 Å². The Morgan fingerprint density at radius 2 is 1.56 bits per heavy atom. The highest BCUT2D eigenvalue weighted by Crippen LogP contribution is 2.42. The predicted octanol–water partition coefficient (Wildman–Crippen LogP) is 3.73. The summed E-state index contributed by atoms with van der Waals surface area (Å²) >= 11 is 0. The van der Waals surface area contributed by atoms with Crippen LogP contribution in [0.3, 0.4) is 0 Å². The van der Waals surface area contributed by atoms with Gasteiger partial charge in [0, 0.05) is 35.2 Å². The predicted molar refractivity (Wildman–Crippen MR) is 164 cm³/mol. The number of morpholine rings is 1. The van der Waals surface area contributed by atoms with E-state index in [1.165, 1.54) is 0 Å². The van der Waals surface area contributed by atoms with Gasteiger partial charge in [-0.3, -0.25) is 9.89 Å². The second-order valence-corrected chi connectivity index (χ2v) is 14.7. The number of aliphatic imine (C=N–C) groups is 1. The van der Waals surface area contributed by atoms with Gasteiger partial charge in [0.2, 0.25) is 18.2 Å². The van der Waals surface area contributed by atoms with Gasteiger partial charge in [-0.15, -0.1) is 5.73 Å². The normalized spacial score (nSPS) is 28.3. The minimum Gasteiger partial charge on any atom is -0.389 e. The molecule has 1 aromatic heterocycles. The molecule has 0 bridgehead atoms. The van der Waals surface area contributed by atoms with Crippen LogP contribution in [0.5, 0.6) is 0 Å². The smallest absolute Gasteiger partial charge is 0.231 e. The molecule has 3 fully saturated rings. The summed E-state index contributed by atoms with van der Waals surface area (Å²) in [7, 11) is 0. The lowest BCUT2D eigenvalue weighted by Gasteiger charge is -2.56. The van der Waals surface area contributed by atoms with Gasteiger partial charge in [-0.25, -0.2) is 0 Å². The van der Waals surface area contributed by atoms with Gasteiger partial charge >= 0.3 is 0 Å². The average molecular weight is 570 g/mol. The average Bonchev–Trinajstić information content (AvgIpc) is 2.87. The molecular weight excluding hydrogens is 516 g/mol. The molecule has 1 N–H and O–H groups in total. The van der Waals surface area contributed by atoms with Crippen LogP contribution in [-0.4, -0.2) is 104 Å². The van der Waals surface area contributed by atoms with Crippen LogP contribution in [0, 0.1) is 6.33 Å². The van der Waals surface area contributed by atoms with Crippen molar-refractivity contribution in [2.45, 2.75) is 141 Å². The third-order valence-electron chi connectivity index (χ3n) is 9.43. The van der Waals surface area contributed by atoms with E-state index >= 15 is 0 Å². The Labute approximate surface area is 248 Å². The molecule has 3 aliphatic heterocycles. The Hall–Kier alpha value is -1.88. The molecule has 10 heteroatoms. The highest BCUT2D eigenvalue weighted by atomic mass is 16.5. The molecule has 0 saturated carbocycles. The molecular formula is C31H53N8O2. The second-order valence-electron chi connectivity index (χ2n) is 14.7. The maximum Gasteiger partial charge on any atom is 0.231 e. The van der Waals surface area contributed by atoms with Crippen LogP contribution in [0.2, 0.25) is 0 Å². The molecule has 0 amide bonds. The number of hydrogen-bond donors (Lipinski definition) is 1. The molecule has 229 valence electrons. The molecule has 2 atom stereocenters. The van der Waals surface area contributed by atoms with Crippen LogP contribution >= 0.6 is 0 Å². The van der Waals surface area contributed by atoms with E-state index in [1.54, 1.807) is 0 Å². The molecule has 4 heterocycles. The first kappa shape index (κ1) is 32.0. The number of piperidine rings is 2. The number of hydrogen-bond acceptors (Lipinski definition) is 9. The second kappa shape index (κ2) is 12.4. The summed E-state index contributed by atoms with van der Waals surface area (Å²) in [5.74, 6) is 1.35. The summed E-state index contributed by atoms with van der Waals surface area (Å²) in [6.07, 6.45) is 11.0. The first-order chi connectivity index (χ1) is 19.1. The van der Waals surface area contributed by atoms with Crippen molar-refractivity contribution in [2.24, 2.45) is 4.99 Å². The number of rotatable bonds is 9. The number of aliphatic hydroxyl groups is 1. The molecule has 0 spiro atoms. The van der Waals surface area contributed by atoms with Crippen LogP contribution in [0.1, 0.15) is 100 Å². The van der Waals surface area contributed by atoms with Crippen molar-refractivity contribution in [3.05, 3.63) is 6.33 Å². The highest BCUT2D eigenvalue weighted by molar-refractivity contribution is 5.57. The number of aliphatic hydroxyl groups excluding tert-OH is 1. The zero-order chi connectivity index (χ0) is 30.1. The van der Waals surface area contributed by atoms with Gasteiger partial charge in [0.25, 0.3) is 0 Å². The summed E-state index contributed by atoms with van der Waals surface area (Å²) in [4.78, 5) is 25.6. The van der Waals surface area contributed by atoms with Gasteiger partial charge in [0.1, 0.15) is 0 Å². The molecule has 10 nitrogen and oxygen atoms in total. The van der Waals surface area contributed by atoms with E-state index < -0.39 is 17.7 Å². The van der Waals surface area contributed by atoms with Crippen LogP contribution in [0.15, 0.2) is 4.99 Å². The fourth-order valence-corrected chi connectivity index (χ4v) is 7.77. The lowest BCUT2D eigenvalue weighted by Crippen LogP contribution is -2.69. The SMILES string of the molecule is CC1(C)CC(N=CCCCCCN2C(C)(C)CC([N])C(O)C2(C)C)CC(C)(C)N1c1n[c]nc(N2CCOCC2)n1. The Morgan fingerprint density at radius 1 is 0.927 bits per heavy atom. The maximum absolute atomic E-state index is 10.6. The standard InChI is InChI=1S/C31H53N8O2/c1-28(2)21-24(32)25(40)31(7,8)38(28)14-12-10-9-11-13-33-23-19-29(3,4)39(30(5,6)20-23)27-35-22-34-26(36-27)37-15-17-41-18-16-37/h13,23-25,40H,9-12,14-21H2,1-8H3. The van der Waals surface area contributed by atoms with Gasteiger partial charge in [-0.05, 0) is 107 Å². The van der Waals surface area contributed by atoms with Gasteiger partial charge in [-0.1, -0.05) is 6.42 Å². The van der Waals surface area contributed by atoms with E-state index in [1.807, 2.05) is 13.8 Å². The van der Waals surface area contributed by atoms with Crippen LogP contribution < -0.4 is 15.5 Å². The fourth-order valence-electron chi connectivity index (χ4n) is 7.77. The lowest BCUT2D eigenvalue weighted by atomic mass is 9.75. The molecule has 41 heavy (non-hydrogen) atoms. The van der Waals surface area contributed by atoms with Gasteiger partial charge in [-0.2, -0.15) is 15.0 Å². The zero-order valence-corrected chi connectivity index (χ0v) is 26.7. The summed E-state index contributed by atoms with van der Waals surface area (Å²) in [5, 5.41) is 10.6. The molecule has 0 aliphatic carbocycles. The number of ether oxygens (including phenoxy) is 1. The van der Waals surface area contributed by atoms with E-state index in [2.05, 4.69) is 78.8 Å². The first-order valence-electron chi connectivity index (χ1n) is 15.6. The van der Waals surface area contributed by atoms with Crippen molar-refractivity contribution in [1.29, 1.82) is 0 Å². The van der Waals surface area contributed by atoms with Crippen molar-refractivity contribution in [1.82, 2.24) is 25.6 Å². The topological polar surface area (TPSA) is 113 Å². The molecule has 0 aromatic carbocycles. The first-order valence-corrected chi connectivity index (χ1v) is 15.6. The van der Waals surface area contributed by atoms with Crippen molar-refractivity contribution < 1.29 is 9.84 Å². The molecule has 2 unspecified atom stereocenters. The highest BCUT2D eigenvalue weighted by Gasteiger charge is 2.50. The minimum absolute atomic E-state index is 0.137. The lowest BCUT2D eigenvalue weighted by molar-refractivity contribution is -0.116. The number of nitrogens with zero attached hydrogens (tertiary/aromatic N) is 8. The van der Waals surface area contributed by atoms with Crippen LogP contribution in [0.4, 0.5) is 11.9 Å². The monoisotopic (exact) mass is 569 g/mol. The Balaban J connectivity index is 1.28. The molecule has 3 radical (unpaired) electrons. The largest absolute Gasteiger partial charge is 0.389 e. The Morgan fingerprint density at radius 3 is 2.22 bits per heavy atom. The van der Waals surface area contributed by atoms with Crippen LogP contribution in [-0.2, 0) is 4.74 Å². The third kappa shape index (κ3) is 7.20. The summed E-state index contributed by atoms with van der Waals surface area (Å²) < 4.78 is 5.49. The zero-order valence-electron chi connectivity index (χ0n) is 26.7. The quantitative estimate of drug-likeness (QED) is 0.354. The van der Waals surface area contributed by atoms with E-state index in [0.29, 0.717) is 31.5 Å². The Bertz CT molecular complexity index is 1020. The summed E-state index contributed by atoms with van der Waals surface area (Å²) in [5.41, 5.74) is 9.40. The molecule has 1 aromatic rings. The van der Waals surface area contributed by atoms with Crippen molar-refractivity contribution >= 4 is 18.1 Å². The van der Waals surface area contributed by atoms with E-state index in [0.717, 1.165) is 58.2 Å². The number of aromatic nitrogens is 3. The molecule has 3 saturated heterocycles. The fraction of sp³-hybridized carbons (Fsp3) is 0.871. The Kier molecular flexibility index (Phi) is 9.68. The summed E-state index contributed by atoms with van der Waals surface area (Å²) in [6.45, 7) is 21.3. The van der Waals surface area contributed by atoms with Crippen molar-refractivity contribution in [3.63, 3.8) is 0 Å². The van der Waals surface area contributed by atoms with E-state index in [-0.39, 0.29) is 22.7 Å².